The minimum absolute atomic E-state index is 0.0605. The second-order valence-electron chi connectivity index (χ2n) is 5.25. The number of nitrogens with zero attached hydrogens (tertiary/aromatic N) is 1. The van der Waals surface area contributed by atoms with Crippen molar-refractivity contribution in [1.82, 2.24) is 4.98 Å². The zero-order valence-electron chi connectivity index (χ0n) is 12.7. The number of ketones is 1. The molecule has 108 valence electrons. The van der Waals surface area contributed by atoms with E-state index >= 15 is 0 Å². The maximum atomic E-state index is 11.9. The number of carbonyl (C=O) groups is 1. The average Bonchev–Trinajstić information content (AvgIpc) is 2.54. The first kappa shape index (κ1) is 14.2. The van der Waals surface area contributed by atoms with Crippen molar-refractivity contribution >= 4 is 22.8 Å². The van der Waals surface area contributed by atoms with Gasteiger partial charge in [0.1, 0.15) is 0 Å². The van der Waals surface area contributed by atoms with Crippen molar-refractivity contribution in [1.29, 1.82) is 0 Å². The molecule has 0 saturated heterocycles. The van der Waals surface area contributed by atoms with Crippen LogP contribution in [-0.4, -0.2) is 10.8 Å². The van der Waals surface area contributed by atoms with Crippen LogP contribution < -0.4 is 0 Å². The molecule has 0 spiro atoms. The summed E-state index contributed by atoms with van der Waals surface area (Å²) in [7, 11) is 0. The van der Waals surface area contributed by atoms with Crippen molar-refractivity contribution in [2.75, 3.05) is 0 Å². The lowest BCUT2D eigenvalue weighted by molar-refractivity contribution is 0.101. The van der Waals surface area contributed by atoms with E-state index in [0.717, 1.165) is 33.3 Å². The van der Waals surface area contributed by atoms with Crippen LogP contribution in [0.3, 0.4) is 0 Å². The summed E-state index contributed by atoms with van der Waals surface area (Å²) in [5, 5.41) is 0.907. The topological polar surface area (TPSA) is 30.0 Å². The average molecular weight is 287 g/mol. The van der Waals surface area contributed by atoms with Gasteiger partial charge in [-0.15, -0.1) is 0 Å². The van der Waals surface area contributed by atoms with Gasteiger partial charge in [-0.2, -0.15) is 0 Å². The molecule has 3 aromatic rings. The highest BCUT2D eigenvalue weighted by atomic mass is 16.1. The Bertz CT molecular complexity index is 861. The van der Waals surface area contributed by atoms with Gasteiger partial charge in [0, 0.05) is 16.5 Å². The standard InChI is InChI=1S/C20H17NO/c1-3-6-15-9-11-16(12-10-15)20-13-18(14(2)22)17-7-4-5-8-19(17)21-20/h3-13H,1-2H3/b6-3+. The van der Waals surface area contributed by atoms with Crippen LogP contribution in [0.2, 0.25) is 0 Å². The van der Waals surface area contributed by atoms with Crippen LogP contribution >= 0.6 is 0 Å². The Morgan fingerprint density at radius 1 is 1.05 bits per heavy atom. The van der Waals surface area contributed by atoms with Gasteiger partial charge in [-0.1, -0.05) is 54.6 Å². The predicted octanol–water partition coefficient (Wildman–Crippen LogP) is 5.14. The molecule has 22 heavy (non-hydrogen) atoms. The van der Waals surface area contributed by atoms with Crippen LogP contribution in [0.1, 0.15) is 29.8 Å². The molecule has 1 heterocycles. The Hall–Kier alpha value is -2.74. The van der Waals surface area contributed by atoms with Crippen LogP contribution in [-0.2, 0) is 0 Å². The number of allylic oxidation sites excluding steroid dienone is 1. The van der Waals surface area contributed by atoms with Gasteiger partial charge < -0.3 is 0 Å². The summed E-state index contributed by atoms with van der Waals surface area (Å²) in [6.45, 7) is 3.60. The summed E-state index contributed by atoms with van der Waals surface area (Å²) in [5.74, 6) is 0.0605. The molecule has 0 saturated carbocycles. The summed E-state index contributed by atoms with van der Waals surface area (Å²) in [4.78, 5) is 16.6. The lowest BCUT2D eigenvalue weighted by Crippen LogP contribution is -1.97. The molecule has 0 fully saturated rings. The Labute approximate surface area is 130 Å². The molecule has 0 bridgehead atoms. The smallest absolute Gasteiger partial charge is 0.160 e. The normalized spacial score (nSPS) is 11.2. The number of pyridine rings is 1. The van der Waals surface area contributed by atoms with E-state index in [2.05, 4.69) is 18.2 Å². The number of benzene rings is 2. The summed E-state index contributed by atoms with van der Waals surface area (Å²) < 4.78 is 0. The number of Topliss-reactive ketones (excluding diaryl/α,β-unsaturated/α-hetero) is 1. The molecule has 2 aromatic carbocycles. The molecule has 3 rings (SSSR count). The monoisotopic (exact) mass is 287 g/mol. The van der Waals surface area contributed by atoms with E-state index in [9.17, 15) is 4.79 Å². The van der Waals surface area contributed by atoms with E-state index in [-0.39, 0.29) is 5.78 Å². The molecular weight excluding hydrogens is 270 g/mol. The zero-order chi connectivity index (χ0) is 15.5. The Kier molecular flexibility index (Phi) is 3.84. The van der Waals surface area contributed by atoms with Gasteiger partial charge in [0.15, 0.2) is 5.78 Å². The van der Waals surface area contributed by atoms with Gasteiger partial charge in [0.25, 0.3) is 0 Å². The quantitative estimate of drug-likeness (QED) is 0.624. The molecule has 2 heteroatoms. The number of hydrogen-bond donors (Lipinski definition) is 0. The van der Waals surface area contributed by atoms with E-state index < -0.39 is 0 Å². The largest absolute Gasteiger partial charge is 0.294 e. The highest BCUT2D eigenvalue weighted by molar-refractivity contribution is 6.07. The summed E-state index contributed by atoms with van der Waals surface area (Å²) in [5.41, 5.74) is 4.57. The number of fused-ring (bicyclic) bond motifs is 1. The molecule has 1 aromatic heterocycles. The summed E-state index contributed by atoms with van der Waals surface area (Å²) in [6.07, 6.45) is 4.07. The lowest BCUT2D eigenvalue weighted by atomic mass is 10.0. The Morgan fingerprint density at radius 2 is 1.77 bits per heavy atom. The summed E-state index contributed by atoms with van der Waals surface area (Å²) in [6, 6.07) is 17.8. The number of rotatable bonds is 3. The molecule has 0 unspecified atom stereocenters. The predicted molar refractivity (Wildman–Crippen MR) is 91.9 cm³/mol. The molecule has 0 N–H and O–H groups in total. The van der Waals surface area contributed by atoms with Gasteiger partial charge in [-0.05, 0) is 31.5 Å². The third-order valence-electron chi connectivity index (χ3n) is 3.66. The Morgan fingerprint density at radius 3 is 2.45 bits per heavy atom. The minimum Gasteiger partial charge on any atom is -0.294 e. The van der Waals surface area contributed by atoms with Crippen molar-refractivity contribution in [3.8, 4) is 11.3 Å². The van der Waals surface area contributed by atoms with Gasteiger partial charge >= 0.3 is 0 Å². The van der Waals surface area contributed by atoms with E-state index in [1.54, 1.807) is 6.92 Å². The first-order valence-electron chi connectivity index (χ1n) is 7.33. The van der Waals surface area contributed by atoms with Crippen molar-refractivity contribution < 1.29 is 4.79 Å². The van der Waals surface area contributed by atoms with Crippen LogP contribution in [0.25, 0.3) is 28.2 Å². The van der Waals surface area contributed by atoms with E-state index in [1.807, 2.05) is 55.5 Å². The van der Waals surface area contributed by atoms with Crippen molar-refractivity contribution in [3.05, 3.63) is 71.8 Å². The number of para-hydroxylation sites is 1. The Balaban J connectivity index is 2.16. The van der Waals surface area contributed by atoms with Crippen molar-refractivity contribution in [3.63, 3.8) is 0 Å². The van der Waals surface area contributed by atoms with E-state index in [4.69, 9.17) is 4.98 Å². The third kappa shape index (κ3) is 2.68. The highest BCUT2D eigenvalue weighted by Gasteiger charge is 2.10. The number of carbonyl (C=O) groups excluding carboxylic acids is 1. The molecule has 0 aliphatic rings. The SMILES string of the molecule is C/C=C/c1ccc(-c2cc(C(C)=O)c3ccccc3n2)cc1. The fourth-order valence-corrected chi connectivity index (χ4v) is 2.57. The minimum atomic E-state index is 0.0605. The molecule has 0 atom stereocenters. The highest BCUT2D eigenvalue weighted by Crippen LogP contribution is 2.25. The van der Waals surface area contributed by atoms with Crippen LogP contribution in [0.4, 0.5) is 0 Å². The van der Waals surface area contributed by atoms with Crippen LogP contribution in [0, 0.1) is 0 Å². The van der Waals surface area contributed by atoms with Gasteiger partial charge in [-0.3, -0.25) is 4.79 Å². The van der Waals surface area contributed by atoms with Crippen LogP contribution in [0.5, 0.6) is 0 Å². The van der Waals surface area contributed by atoms with Crippen LogP contribution in [0.15, 0.2) is 60.7 Å². The first-order valence-corrected chi connectivity index (χ1v) is 7.33. The molecule has 2 nitrogen and oxygen atoms in total. The third-order valence-corrected chi connectivity index (χ3v) is 3.66. The van der Waals surface area contributed by atoms with Gasteiger partial charge in [-0.25, -0.2) is 4.98 Å². The van der Waals surface area contributed by atoms with Crippen molar-refractivity contribution in [2.45, 2.75) is 13.8 Å². The molecular formula is C20H17NO. The molecule has 0 aliphatic heterocycles. The van der Waals surface area contributed by atoms with Gasteiger partial charge in [0.2, 0.25) is 0 Å². The van der Waals surface area contributed by atoms with E-state index in [1.165, 1.54) is 0 Å². The lowest BCUT2D eigenvalue weighted by Gasteiger charge is -2.08. The fraction of sp³-hybridized carbons (Fsp3) is 0.100. The maximum Gasteiger partial charge on any atom is 0.160 e. The number of hydrogen-bond acceptors (Lipinski definition) is 2. The summed E-state index contributed by atoms with van der Waals surface area (Å²) >= 11 is 0. The second kappa shape index (κ2) is 5.94. The van der Waals surface area contributed by atoms with Crippen molar-refractivity contribution in [2.24, 2.45) is 0 Å². The maximum absolute atomic E-state index is 11.9. The zero-order valence-corrected chi connectivity index (χ0v) is 12.7. The first-order chi connectivity index (χ1) is 10.7. The molecule has 0 radical (unpaired) electrons. The molecule has 0 aliphatic carbocycles. The fourth-order valence-electron chi connectivity index (χ4n) is 2.57. The number of aromatic nitrogens is 1. The second-order valence-corrected chi connectivity index (χ2v) is 5.25. The molecule has 0 amide bonds. The van der Waals surface area contributed by atoms with Gasteiger partial charge in [0.05, 0.1) is 11.2 Å². The van der Waals surface area contributed by atoms with E-state index in [0.29, 0.717) is 0 Å².